The molecule has 1 aliphatic heterocycles. The Morgan fingerprint density at radius 2 is 2.09 bits per heavy atom. The van der Waals surface area contributed by atoms with E-state index < -0.39 is 12.8 Å². The lowest BCUT2D eigenvalue weighted by Gasteiger charge is -2.22. The number of rotatable bonds is 7. The minimum atomic E-state index is -4.25. The van der Waals surface area contributed by atoms with E-state index in [4.69, 9.17) is 0 Å². The summed E-state index contributed by atoms with van der Waals surface area (Å²) < 4.78 is 40.3. The van der Waals surface area contributed by atoms with Crippen LogP contribution in [0.4, 0.5) is 13.2 Å². The summed E-state index contributed by atoms with van der Waals surface area (Å²) in [6, 6.07) is 0. The number of guanidine groups is 1. The Hall–Kier alpha value is -0.250. The van der Waals surface area contributed by atoms with Crippen LogP contribution in [-0.4, -0.2) is 56.9 Å². The van der Waals surface area contributed by atoms with Crippen LogP contribution in [0.15, 0.2) is 4.99 Å². The maximum Gasteiger partial charge on any atom is 0.411 e. The smallest absolute Gasteiger partial charge is 0.372 e. The molecule has 0 aromatic heterocycles. The first-order chi connectivity index (χ1) is 10.3. The van der Waals surface area contributed by atoms with Gasteiger partial charge in [-0.1, -0.05) is 13.8 Å². The summed E-state index contributed by atoms with van der Waals surface area (Å²) in [7, 11) is 1.73. The molecule has 1 fully saturated rings. The molecule has 1 rings (SSSR count). The number of nitrogens with one attached hydrogen (secondary N) is 1. The highest BCUT2D eigenvalue weighted by Crippen LogP contribution is 2.23. The Balaban J connectivity index is 0.00000484. The summed E-state index contributed by atoms with van der Waals surface area (Å²) in [4.78, 5) is 6.48. The molecule has 4 nitrogen and oxygen atoms in total. The van der Waals surface area contributed by atoms with E-state index in [-0.39, 0.29) is 30.6 Å². The second-order valence-corrected chi connectivity index (χ2v) is 6.23. The van der Waals surface area contributed by atoms with E-state index in [2.05, 4.69) is 33.8 Å². The van der Waals surface area contributed by atoms with Crippen molar-refractivity contribution in [3.8, 4) is 0 Å². The van der Waals surface area contributed by atoms with Gasteiger partial charge in [-0.05, 0) is 31.1 Å². The highest BCUT2D eigenvalue weighted by Gasteiger charge is 2.27. The summed E-state index contributed by atoms with van der Waals surface area (Å²) in [5, 5.41) is 3.20. The van der Waals surface area contributed by atoms with Crippen LogP contribution >= 0.6 is 24.0 Å². The van der Waals surface area contributed by atoms with E-state index >= 15 is 0 Å². The van der Waals surface area contributed by atoms with Gasteiger partial charge in [-0.15, -0.1) is 24.0 Å². The first-order valence-electron chi connectivity index (χ1n) is 7.92. The average Bonchev–Trinajstić information content (AvgIpc) is 2.84. The molecule has 0 saturated carbocycles. The van der Waals surface area contributed by atoms with E-state index in [0.717, 1.165) is 19.0 Å². The van der Waals surface area contributed by atoms with Crippen molar-refractivity contribution < 1.29 is 17.9 Å². The third-order valence-corrected chi connectivity index (χ3v) is 3.62. The predicted octanol–water partition coefficient (Wildman–Crippen LogP) is 3.52. The molecule has 0 aliphatic carbocycles. The quantitative estimate of drug-likeness (QED) is 0.279. The Morgan fingerprint density at radius 1 is 1.39 bits per heavy atom. The van der Waals surface area contributed by atoms with Gasteiger partial charge in [0.2, 0.25) is 0 Å². The molecule has 8 heteroatoms. The zero-order valence-electron chi connectivity index (χ0n) is 14.2. The molecule has 1 saturated heterocycles. The monoisotopic (exact) mass is 451 g/mol. The van der Waals surface area contributed by atoms with Crippen molar-refractivity contribution in [2.24, 2.45) is 16.8 Å². The standard InChI is InChI=1S/C15H28F3N3O.HI/c1-12(2)9-13-5-7-21(10-13)14(19-3)20-6-4-8-22-11-15(16,17)18;/h12-13H,4-11H2,1-3H3,(H,19,20);1H. The van der Waals surface area contributed by atoms with Crippen molar-refractivity contribution in [2.45, 2.75) is 39.3 Å². The van der Waals surface area contributed by atoms with Gasteiger partial charge in [0.05, 0.1) is 0 Å². The SMILES string of the molecule is CN=C(NCCCOCC(F)(F)F)N1CCC(CC(C)C)C1.I. The van der Waals surface area contributed by atoms with E-state index in [1.165, 1.54) is 12.8 Å². The number of ether oxygens (including phenoxy) is 1. The lowest BCUT2D eigenvalue weighted by Crippen LogP contribution is -2.40. The molecular formula is C15H29F3IN3O. The second-order valence-electron chi connectivity index (χ2n) is 6.23. The summed E-state index contributed by atoms with van der Waals surface area (Å²) in [5.41, 5.74) is 0. The zero-order chi connectivity index (χ0) is 16.6. The number of nitrogens with zero attached hydrogens (tertiary/aromatic N) is 2. The van der Waals surface area contributed by atoms with Crippen molar-refractivity contribution in [2.75, 3.05) is 39.9 Å². The summed E-state index contributed by atoms with van der Waals surface area (Å²) >= 11 is 0. The highest BCUT2D eigenvalue weighted by atomic mass is 127. The van der Waals surface area contributed by atoms with Crippen LogP contribution in [0.5, 0.6) is 0 Å². The Morgan fingerprint density at radius 3 is 2.65 bits per heavy atom. The molecule has 1 N–H and O–H groups in total. The van der Waals surface area contributed by atoms with E-state index in [9.17, 15) is 13.2 Å². The summed E-state index contributed by atoms with van der Waals surface area (Å²) in [6.45, 7) is 5.94. The molecule has 0 aromatic rings. The van der Waals surface area contributed by atoms with Crippen LogP contribution in [0.1, 0.15) is 33.1 Å². The Kier molecular flexibility index (Phi) is 11.2. The third kappa shape index (κ3) is 10.3. The van der Waals surface area contributed by atoms with Crippen molar-refractivity contribution in [1.82, 2.24) is 10.2 Å². The molecule has 1 aliphatic rings. The number of alkyl halides is 3. The van der Waals surface area contributed by atoms with E-state index in [1.54, 1.807) is 7.05 Å². The van der Waals surface area contributed by atoms with Crippen LogP contribution in [0, 0.1) is 11.8 Å². The van der Waals surface area contributed by atoms with Crippen molar-refractivity contribution in [3.63, 3.8) is 0 Å². The first-order valence-corrected chi connectivity index (χ1v) is 7.92. The fraction of sp³-hybridized carbons (Fsp3) is 0.933. The summed E-state index contributed by atoms with van der Waals surface area (Å²) in [6.07, 6.45) is -1.32. The fourth-order valence-electron chi connectivity index (χ4n) is 2.78. The first kappa shape index (κ1) is 22.8. The van der Waals surface area contributed by atoms with Crippen molar-refractivity contribution >= 4 is 29.9 Å². The third-order valence-electron chi connectivity index (χ3n) is 3.62. The van der Waals surface area contributed by atoms with E-state index in [0.29, 0.717) is 24.8 Å². The molecule has 0 spiro atoms. The van der Waals surface area contributed by atoms with Crippen LogP contribution in [0.25, 0.3) is 0 Å². The van der Waals surface area contributed by atoms with Crippen LogP contribution in [0.3, 0.4) is 0 Å². The van der Waals surface area contributed by atoms with Gasteiger partial charge in [-0.2, -0.15) is 13.2 Å². The van der Waals surface area contributed by atoms with E-state index in [1.807, 2.05) is 0 Å². The normalized spacial score (nSPS) is 19.2. The molecular weight excluding hydrogens is 422 g/mol. The highest BCUT2D eigenvalue weighted by molar-refractivity contribution is 14.0. The van der Waals surface area contributed by atoms with Gasteiger partial charge in [-0.3, -0.25) is 4.99 Å². The largest absolute Gasteiger partial charge is 0.411 e. The van der Waals surface area contributed by atoms with Crippen LogP contribution in [-0.2, 0) is 4.74 Å². The lowest BCUT2D eigenvalue weighted by atomic mass is 9.97. The second kappa shape index (κ2) is 11.3. The molecule has 1 atom stereocenters. The van der Waals surface area contributed by atoms with Gasteiger partial charge in [0.1, 0.15) is 6.61 Å². The zero-order valence-corrected chi connectivity index (χ0v) is 16.5. The number of hydrogen-bond acceptors (Lipinski definition) is 2. The fourth-order valence-corrected chi connectivity index (χ4v) is 2.78. The molecule has 0 aromatic carbocycles. The van der Waals surface area contributed by atoms with Gasteiger partial charge in [-0.25, -0.2) is 0 Å². The summed E-state index contributed by atoms with van der Waals surface area (Å²) in [5.74, 6) is 2.24. The van der Waals surface area contributed by atoms with Gasteiger partial charge < -0.3 is 15.0 Å². The molecule has 1 unspecified atom stereocenters. The van der Waals surface area contributed by atoms with Crippen molar-refractivity contribution in [1.29, 1.82) is 0 Å². The number of likely N-dealkylation sites (tertiary alicyclic amines) is 1. The van der Waals surface area contributed by atoms with Crippen molar-refractivity contribution in [3.05, 3.63) is 0 Å². The maximum absolute atomic E-state index is 11.9. The molecule has 1 heterocycles. The molecule has 0 amide bonds. The molecule has 0 radical (unpaired) electrons. The average molecular weight is 451 g/mol. The predicted molar refractivity (Wildman–Crippen MR) is 97.4 cm³/mol. The van der Waals surface area contributed by atoms with Gasteiger partial charge in [0, 0.05) is 33.3 Å². The molecule has 23 heavy (non-hydrogen) atoms. The maximum atomic E-state index is 11.9. The number of halogens is 4. The Bertz CT molecular complexity index is 351. The number of hydrogen-bond donors (Lipinski definition) is 1. The lowest BCUT2D eigenvalue weighted by molar-refractivity contribution is -0.173. The van der Waals surface area contributed by atoms with Crippen LogP contribution in [0.2, 0.25) is 0 Å². The molecule has 0 bridgehead atoms. The van der Waals surface area contributed by atoms with Gasteiger partial charge in [0.25, 0.3) is 0 Å². The van der Waals surface area contributed by atoms with Gasteiger partial charge in [0.15, 0.2) is 5.96 Å². The minimum Gasteiger partial charge on any atom is -0.372 e. The number of aliphatic imine (C=N–C) groups is 1. The van der Waals surface area contributed by atoms with Gasteiger partial charge >= 0.3 is 6.18 Å². The van der Waals surface area contributed by atoms with Crippen LogP contribution < -0.4 is 5.32 Å². The topological polar surface area (TPSA) is 36.9 Å². The minimum absolute atomic E-state index is 0. The molecule has 138 valence electrons. The Labute approximate surface area is 154 Å².